The highest BCUT2D eigenvalue weighted by atomic mass is 32.1. The molecule has 118 valence electrons. The smallest absolute Gasteiger partial charge is 0.350 e. The van der Waals surface area contributed by atoms with Crippen molar-refractivity contribution in [3.8, 4) is 0 Å². The van der Waals surface area contributed by atoms with Crippen LogP contribution < -0.4 is 11.1 Å². The number of thiophene rings is 1. The molecule has 0 fully saturated rings. The Labute approximate surface area is 128 Å². The van der Waals surface area contributed by atoms with E-state index in [1.807, 2.05) is 13.8 Å². The Balaban J connectivity index is 3.22. The Morgan fingerprint density at radius 3 is 2.29 bits per heavy atom. The zero-order valence-corrected chi connectivity index (χ0v) is 13.6. The zero-order chi connectivity index (χ0) is 16.0. The van der Waals surface area contributed by atoms with Crippen LogP contribution in [0.5, 0.6) is 0 Å². The van der Waals surface area contributed by atoms with Crippen LogP contribution in [0.4, 0.5) is 10.7 Å². The van der Waals surface area contributed by atoms with Gasteiger partial charge in [0.25, 0.3) is 0 Å². The van der Waals surface area contributed by atoms with Gasteiger partial charge in [0.15, 0.2) is 0 Å². The summed E-state index contributed by atoms with van der Waals surface area (Å²) in [6.45, 7) is 7.92. The number of hydrogen-bond acceptors (Lipinski definition) is 7. The maximum absolute atomic E-state index is 12.1. The van der Waals surface area contributed by atoms with Gasteiger partial charge in [-0.1, -0.05) is 6.92 Å². The number of hydrogen-bond donors (Lipinski definition) is 2. The van der Waals surface area contributed by atoms with Crippen LogP contribution in [0.3, 0.4) is 0 Å². The lowest BCUT2D eigenvalue weighted by atomic mass is 10.2. The molecule has 3 N–H and O–H groups in total. The molecule has 1 heterocycles. The average molecular weight is 314 g/mol. The number of nitrogens with two attached hydrogens (primary N) is 1. The summed E-state index contributed by atoms with van der Waals surface area (Å²) in [4.78, 5) is 24.2. The van der Waals surface area contributed by atoms with Crippen LogP contribution in [0.2, 0.25) is 0 Å². The van der Waals surface area contributed by atoms with Crippen molar-refractivity contribution in [1.29, 1.82) is 0 Å². The molecule has 0 saturated heterocycles. The van der Waals surface area contributed by atoms with Crippen molar-refractivity contribution < 1.29 is 19.1 Å². The third-order valence-electron chi connectivity index (χ3n) is 2.88. The Morgan fingerprint density at radius 2 is 1.76 bits per heavy atom. The van der Waals surface area contributed by atoms with Crippen LogP contribution in [0, 0.1) is 0 Å². The summed E-state index contributed by atoms with van der Waals surface area (Å²) in [5.41, 5.74) is 6.28. The number of esters is 2. The molecule has 1 rings (SSSR count). The van der Waals surface area contributed by atoms with Crippen LogP contribution in [-0.4, -0.2) is 31.2 Å². The fraction of sp³-hybridized carbons (Fsp3) is 0.571. The zero-order valence-electron chi connectivity index (χ0n) is 12.8. The van der Waals surface area contributed by atoms with E-state index in [0.717, 1.165) is 17.8 Å². The minimum atomic E-state index is -0.535. The second kappa shape index (κ2) is 7.87. The predicted octanol–water partition coefficient (Wildman–Crippen LogP) is 2.89. The molecule has 21 heavy (non-hydrogen) atoms. The monoisotopic (exact) mass is 314 g/mol. The van der Waals surface area contributed by atoms with Crippen LogP contribution in [-0.2, 0) is 9.47 Å². The summed E-state index contributed by atoms with van der Waals surface area (Å²) in [5.74, 6) is -1.06. The van der Waals surface area contributed by atoms with Crippen LogP contribution in [0.1, 0.15) is 54.1 Å². The first kappa shape index (κ1) is 17.3. The number of carbonyl (C=O) groups excluding carboxylic acids is 2. The van der Waals surface area contributed by atoms with E-state index in [4.69, 9.17) is 15.2 Å². The van der Waals surface area contributed by atoms with Gasteiger partial charge in [0.05, 0.1) is 18.9 Å². The standard InChI is InChI=1S/C14H22N2O4S/c1-5-8(4)16-12-9(13(17)19-6-2)10(15)11(21-12)14(18)20-7-3/h8,16H,5-7,15H2,1-4H3. The molecular weight excluding hydrogens is 292 g/mol. The Kier molecular flexibility index (Phi) is 6.48. The highest BCUT2D eigenvalue weighted by Gasteiger charge is 2.27. The van der Waals surface area contributed by atoms with Gasteiger partial charge >= 0.3 is 11.9 Å². The molecule has 0 amide bonds. The lowest BCUT2D eigenvalue weighted by Crippen LogP contribution is -2.16. The van der Waals surface area contributed by atoms with Gasteiger partial charge in [-0.2, -0.15) is 0 Å². The molecule has 0 bridgehead atoms. The van der Waals surface area contributed by atoms with Gasteiger partial charge in [0.2, 0.25) is 0 Å². The van der Waals surface area contributed by atoms with Crippen molar-refractivity contribution in [3.05, 3.63) is 10.4 Å². The number of anilines is 2. The van der Waals surface area contributed by atoms with E-state index in [1.165, 1.54) is 0 Å². The Bertz CT molecular complexity index is 513. The summed E-state index contributed by atoms with van der Waals surface area (Å²) in [6, 6.07) is 0.145. The lowest BCUT2D eigenvalue weighted by Gasteiger charge is -2.12. The molecule has 0 aliphatic heterocycles. The summed E-state index contributed by atoms with van der Waals surface area (Å²) < 4.78 is 9.97. The molecule has 0 aliphatic carbocycles. The van der Waals surface area contributed by atoms with Gasteiger partial charge < -0.3 is 20.5 Å². The Hall–Kier alpha value is -1.76. The van der Waals surface area contributed by atoms with Gasteiger partial charge in [0, 0.05) is 6.04 Å². The molecule has 0 radical (unpaired) electrons. The van der Waals surface area contributed by atoms with E-state index in [-0.39, 0.29) is 35.4 Å². The van der Waals surface area contributed by atoms with E-state index in [2.05, 4.69) is 5.32 Å². The van der Waals surface area contributed by atoms with E-state index in [9.17, 15) is 9.59 Å². The molecule has 1 unspecified atom stereocenters. The molecule has 0 aromatic carbocycles. The van der Waals surface area contributed by atoms with Crippen molar-refractivity contribution in [3.63, 3.8) is 0 Å². The summed E-state index contributed by atoms with van der Waals surface area (Å²) in [6.07, 6.45) is 0.870. The fourth-order valence-corrected chi connectivity index (χ4v) is 2.74. The van der Waals surface area contributed by atoms with Crippen LogP contribution >= 0.6 is 11.3 Å². The highest BCUT2D eigenvalue weighted by molar-refractivity contribution is 7.19. The lowest BCUT2D eigenvalue weighted by molar-refractivity contribution is 0.0528. The summed E-state index contributed by atoms with van der Waals surface area (Å²) in [5, 5.41) is 3.73. The number of carbonyl (C=O) groups is 2. The maximum Gasteiger partial charge on any atom is 0.350 e. The fourth-order valence-electron chi connectivity index (χ4n) is 1.63. The first-order valence-corrected chi connectivity index (χ1v) is 7.80. The third kappa shape index (κ3) is 4.10. The maximum atomic E-state index is 12.1. The van der Waals surface area contributed by atoms with Crippen molar-refractivity contribution in [2.75, 3.05) is 24.3 Å². The second-order valence-corrected chi connectivity index (χ2v) is 5.46. The molecule has 0 spiro atoms. The number of rotatable bonds is 7. The quantitative estimate of drug-likeness (QED) is 0.752. The molecule has 7 heteroatoms. The van der Waals surface area contributed by atoms with Crippen LogP contribution in [0.15, 0.2) is 0 Å². The summed E-state index contributed by atoms with van der Waals surface area (Å²) in [7, 11) is 0. The average Bonchev–Trinajstić information content (AvgIpc) is 2.76. The largest absolute Gasteiger partial charge is 0.462 e. The third-order valence-corrected chi connectivity index (χ3v) is 3.99. The topological polar surface area (TPSA) is 90.6 Å². The SMILES string of the molecule is CCOC(=O)c1sc(NC(C)CC)c(C(=O)OCC)c1N. The van der Waals surface area contributed by atoms with Crippen molar-refractivity contribution in [1.82, 2.24) is 0 Å². The Morgan fingerprint density at radius 1 is 1.19 bits per heavy atom. The molecule has 1 atom stereocenters. The molecular formula is C14H22N2O4S. The summed E-state index contributed by atoms with van der Waals surface area (Å²) >= 11 is 1.12. The normalized spacial score (nSPS) is 11.8. The molecule has 1 aromatic rings. The van der Waals surface area contributed by atoms with E-state index in [1.54, 1.807) is 13.8 Å². The minimum absolute atomic E-state index is 0.114. The molecule has 0 aliphatic rings. The second-order valence-electron chi connectivity index (χ2n) is 4.44. The first-order valence-electron chi connectivity index (χ1n) is 6.99. The van der Waals surface area contributed by atoms with E-state index < -0.39 is 11.9 Å². The van der Waals surface area contributed by atoms with Crippen molar-refractivity contribution >= 4 is 34.0 Å². The number of nitrogens with one attached hydrogen (secondary N) is 1. The molecule has 1 aromatic heterocycles. The van der Waals surface area contributed by atoms with E-state index >= 15 is 0 Å². The minimum Gasteiger partial charge on any atom is -0.462 e. The van der Waals surface area contributed by atoms with Crippen molar-refractivity contribution in [2.45, 2.75) is 40.2 Å². The number of ether oxygens (including phenoxy) is 2. The van der Waals surface area contributed by atoms with Gasteiger partial charge in [-0.3, -0.25) is 0 Å². The highest BCUT2D eigenvalue weighted by Crippen LogP contribution is 2.37. The van der Waals surface area contributed by atoms with Gasteiger partial charge in [-0.25, -0.2) is 9.59 Å². The van der Waals surface area contributed by atoms with Gasteiger partial charge in [0.1, 0.15) is 15.4 Å². The van der Waals surface area contributed by atoms with Gasteiger partial charge in [-0.05, 0) is 27.2 Å². The molecule has 0 saturated carbocycles. The predicted molar refractivity (Wildman–Crippen MR) is 84.0 cm³/mol. The molecule has 6 nitrogen and oxygen atoms in total. The van der Waals surface area contributed by atoms with Crippen molar-refractivity contribution in [2.24, 2.45) is 0 Å². The first-order chi connectivity index (χ1) is 9.96. The van der Waals surface area contributed by atoms with E-state index in [0.29, 0.717) is 5.00 Å². The van der Waals surface area contributed by atoms with Crippen LogP contribution in [0.25, 0.3) is 0 Å². The number of nitrogen functional groups attached to an aromatic ring is 1. The van der Waals surface area contributed by atoms with Gasteiger partial charge in [-0.15, -0.1) is 11.3 Å².